The minimum absolute atomic E-state index is 0.168. The van der Waals surface area contributed by atoms with Gasteiger partial charge in [0.1, 0.15) is 38.5 Å². The van der Waals surface area contributed by atoms with Crippen LogP contribution in [0.15, 0.2) is 48.5 Å². The number of aryl methyl sites for hydroxylation is 1. The largest absolute Gasteiger partial charge is 0.496 e. The molecule has 0 bridgehead atoms. The summed E-state index contributed by atoms with van der Waals surface area (Å²) >= 11 is 0. The zero-order chi connectivity index (χ0) is 22.1. The van der Waals surface area contributed by atoms with Crippen molar-refractivity contribution in [1.29, 1.82) is 0 Å². The van der Waals surface area contributed by atoms with Crippen LogP contribution in [-0.2, 0) is 11.3 Å². The summed E-state index contributed by atoms with van der Waals surface area (Å²) in [6.07, 6.45) is 0.947. The summed E-state index contributed by atoms with van der Waals surface area (Å²) < 4.78 is 5.53. The molecule has 1 heterocycles. The van der Waals surface area contributed by atoms with Crippen molar-refractivity contribution >= 4 is 11.6 Å². The minimum Gasteiger partial charge on any atom is -0.496 e. The number of anilines is 1. The first kappa shape index (κ1) is 23.1. The molecule has 1 fully saturated rings. The maximum absolute atomic E-state index is 12.4. The summed E-state index contributed by atoms with van der Waals surface area (Å²) in [4.78, 5) is 17.5. The Balaban J connectivity index is 1.32. The van der Waals surface area contributed by atoms with Crippen LogP contribution in [0.2, 0.25) is 0 Å². The lowest BCUT2D eigenvalue weighted by atomic mass is 10.1. The van der Waals surface area contributed by atoms with Crippen molar-refractivity contribution in [3.63, 3.8) is 0 Å². The molecule has 0 saturated carbocycles. The summed E-state index contributed by atoms with van der Waals surface area (Å²) in [7, 11) is 3.83. The molecule has 0 spiro atoms. The fourth-order valence-corrected chi connectivity index (χ4v) is 4.27. The van der Waals surface area contributed by atoms with Crippen molar-refractivity contribution in [2.75, 3.05) is 64.9 Å². The number of ether oxygens (including phenoxy) is 1. The van der Waals surface area contributed by atoms with E-state index in [-0.39, 0.29) is 5.91 Å². The third-order valence-corrected chi connectivity index (χ3v) is 6.14. The summed E-state index contributed by atoms with van der Waals surface area (Å²) in [5, 5.41) is 3.10. The molecule has 0 atom stereocenters. The number of benzene rings is 2. The van der Waals surface area contributed by atoms with Crippen LogP contribution in [0.3, 0.4) is 0 Å². The third-order valence-electron chi connectivity index (χ3n) is 6.14. The molecule has 1 aliphatic rings. The van der Waals surface area contributed by atoms with Gasteiger partial charge in [0.05, 0.1) is 7.11 Å². The molecular weight excluding hydrogens is 388 g/mol. The van der Waals surface area contributed by atoms with Crippen LogP contribution in [0.1, 0.15) is 17.5 Å². The Labute approximate surface area is 186 Å². The van der Waals surface area contributed by atoms with Crippen molar-refractivity contribution in [3.8, 4) is 5.75 Å². The van der Waals surface area contributed by atoms with Gasteiger partial charge in [-0.25, -0.2) is 0 Å². The summed E-state index contributed by atoms with van der Waals surface area (Å²) in [6.45, 7) is 9.59. The third kappa shape index (κ3) is 7.26. The quantitative estimate of drug-likeness (QED) is 0.466. The number of methoxy groups -OCH3 is 1. The van der Waals surface area contributed by atoms with Gasteiger partial charge in [-0.05, 0) is 37.6 Å². The molecule has 2 aromatic rings. The highest BCUT2D eigenvalue weighted by atomic mass is 16.5. The van der Waals surface area contributed by atoms with Gasteiger partial charge in [-0.1, -0.05) is 29.8 Å². The Morgan fingerprint density at radius 2 is 1.77 bits per heavy atom. The van der Waals surface area contributed by atoms with E-state index in [2.05, 4.69) is 66.7 Å². The van der Waals surface area contributed by atoms with E-state index in [4.69, 9.17) is 4.74 Å². The Morgan fingerprint density at radius 3 is 2.48 bits per heavy atom. The van der Waals surface area contributed by atoms with Crippen molar-refractivity contribution < 1.29 is 19.3 Å². The van der Waals surface area contributed by atoms with Gasteiger partial charge in [0, 0.05) is 31.4 Å². The Kier molecular flexibility index (Phi) is 8.74. The SMILES string of the molecule is COc1ccc(C)cc1C[NH+]1CC[NH+](CC(=O)NCCCN(C)c2ccccc2)CC1. The van der Waals surface area contributed by atoms with E-state index in [0.717, 1.165) is 58.0 Å². The van der Waals surface area contributed by atoms with E-state index < -0.39 is 0 Å². The van der Waals surface area contributed by atoms with Crippen molar-refractivity contribution in [2.24, 2.45) is 0 Å². The molecule has 0 aliphatic carbocycles. The number of quaternary nitrogens is 2. The number of carbonyl (C=O) groups is 1. The van der Waals surface area contributed by atoms with Crippen molar-refractivity contribution in [2.45, 2.75) is 19.9 Å². The minimum atomic E-state index is 0.168. The number of nitrogens with one attached hydrogen (secondary N) is 3. The smallest absolute Gasteiger partial charge is 0.275 e. The lowest BCUT2D eigenvalue weighted by Crippen LogP contribution is -3.28. The van der Waals surface area contributed by atoms with Gasteiger partial charge in [0.2, 0.25) is 0 Å². The molecule has 1 amide bonds. The zero-order valence-corrected chi connectivity index (χ0v) is 19.2. The summed E-state index contributed by atoms with van der Waals surface area (Å²) in [6, 6.07) is 16.7. The molecule has 1 aliphatic heterocycles. The van der Waals surface area contributed by atoms with E-state index >= 15 is 0 Å². The molecule has 3 rings (SSSR count). The monoisotopic (exact) mass is 426 g/mol. The van der Waals surface area contributed by atoms with E-state index in [1.54, 1.807) is 12.0 Å². The van der Waals surface area contributed by atoms with Crippen molar-refractivity contribution in [1.82, 2.24) is 5.32 Å². The molecule has 6 heteroatoms. The first-order chi connectivity index (χ1) is 15.0. The average Bonchev–Trinajstić information content (AvgIpc) is 2.79. The van der Waals surface area contributed by atoms with Crippen LogP contribution in [0.25, 0.3) is 0 Å². The molecule has 0 radical (unpaired) electrons. The predicted octanol–water partition coefficient (Wildman–Crippen LogP) is -0.0703. The molecule has 31 heavy (non-hydrogen) atoms. The van der Waals surface area contributed by atoms with Crippen LogP contribution in [0.5, 0.6) is 5.75 Å². The average molecular weight is 427 g/mol. The van der Waals surface area contributed by atoms with Gasteiger partial charge in [0.25, 0.3) is 5.91 Å². The lowest BCUT2D eigenvalue weighted by molar-refractivity contribution is -1.02. The topological polar surface area (TPSA) is 50.5 Å². The lowest BCUT2D eigenvalue weighted by Gasteiger charge is -2.29. The van der Waals surface area contributed by atoms with E-state index in [0.29, 0.717) is 6.54 Å². The second-order valence-corrected chi connectivity index (χ2v) is 8.63. The molecule has 168 valence electrons. The fraction of sp³-hybridized carbons (Fsp3) is 0.480. The van der Waals surface area contributed by atoms with Gasteiger partial charge in [-0.2, -0.15) is 0 Å². The van der Waals surface area contributed by atoms with E-state index in [1.165, 1.54) is 21.7 Å². The van der Waals surface area contributed by atoms with E-state index in [9.17, 15) is 4.79 Å². The number of nitrogens with zero attached hydrogens (tertiary/aromatic N) is 1. The fourth-order valence-electron chi connectivity index (χ4n) is 4.27. The van der Waals surface area contributed by atoms with Gasteiger partial charge in [-0.15, -0.1) is 0 Å². The van der Waals surface area contributed by atoms with Crippen molar-refractivity contribution in [3.05, 3.63) is 59.7 Å². The van der Waals surface area contributed by atoms with Crippen LogP contribution in [-0.4, -0.2) is 65.9 Å². The molecule has 3 N–H and O–H groups in total. The van der Waals surface area contributed by atoms with Gasteiger partial charge >= 0.3 is 0 Å². The van der Waals surface area contributed by atoms with Gasteiger partial charge < -0.3 is 24.8 Å². The highest BCUT2D eigenvalue weighted by Crippen LogP contribution is 2.18. The van der Waals surface area contributed by atoms with Crippen LogP contribution >= 0.6 is 0 Å². The van der Waals surface area contributed by atoms with Gasteiger partial charge in [0.15, 0.2) is 6.54 Å². The Hall–Kier alpha value is -2.57. The highest BCUT2D eigenvalue weighted by Gasteiger charge is 2.25. The molecule has 0 aromatic heterocycles. The normalized spacial score (nSPS) is 18.4. The number of rotatable bonds is 10. The number of hydrogen-bond donors (Lipinski definition) is 3. The first-order valence-corrected chi connectivity index (χ1v) is 11.4. The summed E-state index contributed by atoms with van der Waals surface area (Å²) in [5.41, 5.74) is 3.76. The summed E-state index contributed by atoms with van der Waals surface area (Å²) in [5.74, 6) is 1.14. The first-order valence-electron chi connectivity index (χ1n) is 11.4. The van der Waals surface area contributed by atoms with Gasteiger partial charge in [-0.3, -0.25) is 4.79 Å². The standard InChI is InChI=1S/C25H36N4O2/c1-21-10-11-24(31-3)22(18-21)19-28-14-16-29(17-15-28)20-25(30)26-12-7-13-27(2)23-8-5-4-6-9-23/h4-6,8-11,18H,7,12-17,19-20H2,1-3H3,(H,26,30)/p+2. The number of amides is 1. The second kappa shape index (κ2) is 11.7. The maximum Gasteiger partial charge on any atom is 0.275 e. The number of hydrogen-bond acceptors (Lipinski definition) is 3. The van der Waals surface area contributed by atoms with E-state index in [1.807, 2.05) is 6.07 Å². The molecule has 2 aromatic carbocycles. The molecule has 6 nitrogen and oxygen atoms in total. The Bertz CT molecular complexity index is 820. The number of piperazine rings is 1. The Morgan fingerprint density at radius 1 is 1.06 bits per heavy atom. The predicted molar refractivity (Wildman–Crippen MR) is 125 cm³/mol. The van der Waals surface area contributed by atoms with Crippen LogP contribution in [0.4, 0.5) is 5.69 Å². The van der Waals surface area contributed by atoms with Crippen LogP contribution < -0.4 is 24.8 Å². The second-order valence-electron chi connectivity index (χ2n) is 8.63. The zero-order valence-electron chi connectivity index (χ0n) is 19.2. The molecular formula is C25H38N4O2+2. The molecule has 1 saturated heterocycles. The van der Waals surface area contributed by atoms with Crippen LogP contribution in [0, 0.1) is 6.92 Å². The maximum atomic E-state index is 12.4. The highest BCUT2D eigenvalue weighted by molar-refractivity contribution is 5.76. The number of carbonyl (C=O) groups excluding carboxylic acids is 1. The number of para-hydroxylation sites is 1. The molecule has 0 unspecified atom stereocenters.